The van der Waals surface area contributed by atoms with Gasteiger partial charge in [0.1, 0.15) is 15.1 Å². The highest BCUT2D eigenvalue weighted by atomic mass is 127. The fourth-order valence-electron chi connectivity index (χ4n) is 1.62. The molecular formula is C9H11IN2O. The second-order valence-electron chi connectivity index (χ2n) is 3.19. The number of aromatic nitrogens is 1. The lowest BCUT2D eigenvalue weighted by molar-refractivity contribution is 0.450. The van der Waals surface area contributed by atoms with E-state index in [4.69, 9.17) is 0 Å². The number of hydrogen-bond donors (Lipinski definition) is 2. The third-order valence-corrected chi connectivity index (χ3v) is 2.86. The van der Waals surface area contributed by atoms with Crippen molar-refractivity contribution in [3.8, 4) is 5.75 Å². The Labute approximate surface area is 90.7 Å². The molecule has 1 saturated heterocycles. The minimum Gasteiger partial charge on any atom is -0.506 e. The molecule has 1 aliphatic heterocycles. The van der Waals surface area contributed by atoms with E-state index in [-0.39, 0.29) is 6.04 Å². The number of aromatic hydroxyl groups is 1. The SMILES string of the molecule is Oc1ccc(I)nc1[C@@H]1CCCN1. The van der Waals surface area contributed by atoms with Crippen molar-refractivity contribution in [1.29, 1.82) is 0 Å². The Hall–Kier alpha value is -0.360. The maximum absolute atomic E-state index is 9.59. The van der Waals surface area contributed by atoms with Crippen LogP contribution < -0.4 is 5.32 Å². The van der Waals surface area contributed by atoms with Crippen LogP contribution in [0.5, 0.6) is 5.75 Å². The fraction of sp³-hybridized carbons (Fsp3) is 0.444. The fourth-order valence-corrected chi connectivity index (χ4v) is 2.06. The summed E-state index contributed by atoms with van der Waals surface area (Å²) in [7, 11) is 0. The van der Waals surface area contributed by atoms with Gasteiger partial charge in [0, 0.05) is 0 Å². The Morgan fingerprint density at radius 1 is 1.54 bits per heavy atom. The molecule has 0 saturated carbocycles. The maximum Gasteiger partial charge on any atom is 0.138 e. The first-order valence-electron chi connectivity index (χ1n) is 4.36. The van der Waals surface area contributed by atoms with Crippen LogP contribution in [0.15, 0.2) is 12.1 Å². The van der Waals surface area contributed by atoms with Crippen LogP contribution >= 0.6 is 22.6 Å². The Balaban J connectivity index is 2.32. The first-order chi connectivity index (χ1) is 6.27. The minimum atomic E-state index is 0.245. The van der Waals surface area contributed by atoms with E-state index in [0.717, 1.165) is 28.8 Å². The van der Waals surface area contributed by atoms with Gasteiger partial charge in [0.25, 0.3) is 0 Å². The summed E-state index contributed by atoms with van der Waals surface area (Å²) in [6.45, 7) is 1.03. The molecule has 0 aromatic carbocycles. The molecule has 4 heteroatoms. The van der Waals surface area contributed by atoms with Gasteiger partial charge in [-0.1, -0.05) is 0 Å². The predicted molar refractivity (Wildman–Crippen MR) is 58.6 cm³/mol. The van der Waals surface area contributed by atoms with E-state index in [1.807, 2.05) is 6.07 Å². The summed E-state index contributed by atoms with van der Waals surface area (Å²) in [6, 6.07) is 3.77. The summed E-state index contributed by atoms with van der Waals surface area (Å²) in [6.07, 6.45) is 2.23. The van der Waals surface area contributed by atoms with E-state index in [1.165, 1.54) is 0 Å². The van der Waals surface area contributed by atoms with Gasteiger partial charge in [-0.25, -0.2) is 4.98 Å². The van der Waals surface area contributed by atoms with Crippen molar-refractivity contribution in [3.63, 3.8) is 0 Å². The van der Waals surface area contributed by atoms with Crippen LogP contribution in [0.3, 0.4) is 0 Å². The van der Waals surface area contributed by atoms with Gasteiger partial charge in [-0.05, 0) is 54.1 Å². The third kappa shape index (κ3) is 1.94. The van der Waals surface area contributed by atoms with Gasteiger partial charge in [0.2, 0.25) is 0 Å². The van der Waals surface area contributed by atoms with Crippen molar-refractivity contribution in [2.24, 2.45) is 0 Å². The molecule has 2 N–H and O–H groups in total. The zero-order valence-corrected chi connectivity index (χ0v) is 9.28. The lowest BCUT2D eigenvalue weighted by atomic mass is 10.1. The van der Waals surface area contributed by atoms with Gasteiger partial charge in [-0.15, -0.1) is 0 Å². The smallest absolute Gasteiger partial charge is 0.138 e. The van der Waals surface area contributed by atoms with Crippen LogP contribution in [0.25, 0.3) is 0 Å². The molecule has 13 heavy (non-hydrogen) atoms. The van der Waals surface area contributed by atoms with Gasteiger partial charge in [-0.2, -0.15) is 0 Å². The Kier molecular flexibility index (Phi) is 2.69. The molecule has 1 atom stereocenters. The summed E-state index contributed by atoms with van der Waals surface area (Å²) in [5.74, 6) is 0.305. The summed E-state index contributed by atoms with van der Waals surface area (Å²) in [4.78, 5) is 4.33. The second-order valence-corrected chi connectivity index (χ2v) is 4.29. The van der Waals surface area contributed by atoms with Crippen LogP contribution in [0.4, 0.5) is 0 Å². The number of nitrogens with one attached hydrogen (secondary N) is 1. The average Bonchev–Trinajstić information content (AvgIpc) is 2.61. The standard InChI is InChI=1S/C9H11IN2O/c10-8-4-3-7(13)9(12-8)6-2-1-5-11-6/h3-4,6,11,13H,1-2,5H2/t6-/m0/s1. The van der Waals surface area contributed by atoms with Crippen LogP contribution in [0.2, 0.25) is 0 Å². The Morgan fingerprint density at radius 2 is 2.38 bits per heavy atom. The van der Waals surface area contributed by atoms with Gasteiger partial charge < -0.3 is 10.4 Å². The molecule has 0 aliphatic carbocycles. The van der Waals surface area contributed by atoms with Crippen molar-refractivity contribution < 1.29 is 5.11 Å². The van der Waals surface area contributed by atoms with Crippen LogP contribution in [0.1, 0.15) is 24.6 Å². The van der Waals surface area contributed by atoms with Gasteiger partial charge >= 0.3 is 0 Å². The van der Waals surface area contributed by atoms with Crippen molar-refractivity contribution >= 4 is 22.6 Å². The van der Waals surface area contributed by atoms with E-state index in [2.05, 4.69) is 32.9 Å². The zero-order valence-electron chi connectivity index (χ0n) is 7.13. The zero-order chi connectivity index (χ0) is 9.26. The molecule has 2 rings (SSSR count). The lowest BCUT2D eigenvalue weighted by Crippen LogP contribution is -2.14. The first kappa shape index (κ1) is 9.21. The average molecular weight is 290 g/mol. The summed E-state index contributed by atoms with van der Waals surface area (Å²) in [5, 5.41) is 12.9. The molecule has 0 bridgehead atoms. The van der Waals surface area contributed by atoms with Crippen molar-refractivity contribution in [1.82, 2.24) is 10.3 Å². The van der Waals surface area contributed by atoms with Gasteiger partial charge in [-0.3, -0.25) is 0 Å². The number of halogens is 1. The maximum atomic E-state index is 9.59. The normalized spacial score (nSPS) is 22.1. The van der Waals surface area contributed by atoms with E-state index in [0.29, 0.717) is 5.75 Å². The van der Waals surface area contributed by atoms with Crippen molar-refractivity contribution in [2.75, 3.05) is 6.54 Å². The van der Waals surface area contributed by atoms with Gasteiger partial charge in [0.15, 0.2) is 0 Å². The van der Waals surface area contributed by atoms with Crippen LogP contribution in [-0.2, 0) is 0 Å². The molecule has 1 aliphatic rings. The Bertz CT molecular complexity index is 310. The number of nitrogens with zero attached hydrogens (tertiary/aromatic N) is 1. The Morgan fingerprint density at radius 3 is 3.08 bits per heavy atom. The number of hydrogen-bond acceptors (Lipinski definition) is 3. The molecule has 0 unspecified atom stereocenters. The second kappa shape index (κ2) is 3.79. The molecule has 1 aromatic rings. The van der Waals surface area contributed by atoms with E-state index < -0.39 is 0 Å². The first-order valence-corrected chi connectivity index (χ1v) is 5.44. The molecule has 1 aromatic heterocycles. The molecule has 0 radical (unpaired) electrons. The molecule has 2 heterocycles. The quantitative estimate of drug-likeness (QED) is 0.612. The molecule has 1 fully saturated rings. The summed E-state index contributed by atoms with van der Waals surface area (Å²) < 4.78 is 0.930. The van der Waals surface area contributed by atoms with Crippen molar-refractivity contribution in [2.45, 2.75) is 18.9 Å². The number of rotatable bonds is 1. The largest absolute Gasteiger partial charge is 0.506 e. The highest BCUT2D eigenvalue weighted by Crippen LogP contribution is 2.28. The summed E-state index contributed by atoms with van der Waals surface area (Å²) in [5.41, 5.74) is 0.796. The molecule has 0 amide bonds. The lowest BCUT2D eigenvalue weighted by Gasteiger charge is -2.11. The van der Waals surface area contributed by atoms with Crippen LogP contribution in [0, 0.1) is 3.70 Å². The number of pyridine rings is 1. The molecule has 0 spiro atoms. The topological polar surface area (TPSA) is 45.2 Å². The monoisotopic (exact) mass is 290 g/mol. The molecular weight excluding hydrogens is 279 g/mol. The summed E-state index contributed by atoms with van der Waals surface area (Å²) >= 11 is 2.16. The van der Waals surface area contributed by atoms with E-state index >= 15 is 0 Å². The predicted octanol–water partition coefficient (Wildman–Crippen LogP) is 1.82. The van der Waals surface area contributed by atoms with Crippen LogP contribution in [-0.4, -0.2) is 16.6 Å². The highest BCUT2D eigenvalue weighted by Gasteiger charge is 2.20. The van der Waals surface area contributed by atoms with Crippen molar-refractivity contribution in [3.05, 3.63) is 21.5 Å². The van der Waals surface area contributed by atoms with Gasteiger partial charge in [0.05, 0.1) is 6.04 Å². The third-order valence-electron chi connectivity index (χ3n) is 2.26. The van der Waals surface area contributed by atoms with E-state index in [1.54, 1.807) is 6.07 Å². The van der Waals surface area contributed by atoms with E-state index in [9.17, 15) is 5.11 Å². The minimum absolute atomic E-state index is 0.245. The highest BCUT2D eigenvalue weighted by molar-refractivity contribution is 14.1. The molecule has 3 nitrogen and oxygen atoms in total. The molecule has 70 valence electrons.